The molecule has 18 heavy (non-hydrogen) atoms. The van der Waals surface area contributed by atoms with E-state index in [-0.39, 0.29) is 5.41 Å². The number of hydrogen-bond donors (Lipinski definition) is 1. The summed E-state index contributed by atoms with van der Waals surface area (Å²) in [5.41, 5.74) is 3.51. The van der Waals surface area contributed by atoms with Gasteiger partial charge in [0, 0.05) is 21.8 Å². The molecule has 1 aromatic heterocycles. The van der Waals surface area contributed by atoms with Crippen molar-refractivity contribution in [3.63, 3.8) is 0 Å². The predicted octanol–water partition coefficient (Wildman–Crippen LogP) is 4.90. The summed E-state index contributed by atoms with van der Waals surface area (Å²) < 4.78 is 3.92. The normalized spacial score (nSPS) is 11.8. The number of H-pyrrole nitrogens is 1. The van der Waals surface area contributed by atoms with Gasteiger partial charge in [-0.25, -0.2) is 0 Å². The highest BCUT2D eigenvalue weighted by Gasteiger charge is 2.21. The zero-order chi connectivity index (χ0) is 13.5. The number of nitrogens with one attached hydrogen (secondary N) is 1. The lowest BCUT2D eigenvalue weighted by atomic mass is 9.92. The van der Waals surface area contributed by atoms with E-state index >= 15 is 0 Å². The minimum Gasteiger partial charge on any atom is -0.337 e. The van der Waals surface area contributed by atoms with Crippen LogP contribution in [0.3, 0.4) is 0 Å². The van der Waals surface area contributed by atoms with E-state index in [1.165, 1.54) is 11.3 Å². The molecule has 2 rings (SSSR count). The van der Waals surface area contributed by atoms with Gasteiger partial charge < -0.3 is 4.98 Å². The van der Waals surface area contributed by atoms with Crippen LogP contribution in [0, 0.1) is 11.7 Å². The van der Waals surface area contributed by atoms with E-state index in [2.05, 4.69) is 71.4 Å². The molecule has 0 saturated heterocycles. The summed E-state index contributed by atoms with van der Waals surface area (Å²) >= 11 is 9.07. The number of rotatable bonds is 1. The number of benzene rings is 1. The van der Waals surface area contributed by atoms with Gasteiger partial charge in [0.1, 0.15) is 0 Å². The van der Waals surface area contributed by atoms with E-state index in [1.807, 2.05) is 6.20 Å². The van der Waals surface area contributed by atoms with Crippen molar-refractivity contribution in [2.75, 3.05) is 0 Å². The second-order valence-electron chi connectivity index (χ2n) is 5.47. The number of aryl methyl sites for hydroxylation is 1. The Morgan fingerprint density at radius 1 is 1.28 bits per heavy atom. The Kier molecular flexibility index (Phi) is 3.52. The van der Waals surface area contributed by atoms with E-state index in [9.17, 15) is 0 Å². The number of aromatic nitrogens is 2. The SMILES string of the molecule is Cc1cccc(-n2c(C(C)(C)C)c[nH]c2=S)c1Br. The summed E-state index contributed by atoms with van der Waals surface area (Å²) in [6.07, 6.45) is 2.00. The zero-order valence-corrected chi connectivity index (χ0v) is 13.4. The maximum Gasteiger partial charge on any atom is 0.182 e. The quantitative estimate of drug-likeness (QED) is 0.739. The van der Waals surface area contributed by atoms with Gasteiger partial charge >= 0.3 is 0 Å². The molecule has 1 heterocycles. The largest absolute Gasteiger partial charge is 0.337 e. The van der Waals surface area contributed by atoms with Crippen LogP contribution in [-0.2, 0) is 5.41 Å². The fourth-order valence-corrected chi connectivity index (χ4v) is 2.66. The van der Waals surface area contributed by atoms with Crippen molar-refractivity contribution >= 4 is 28.1 Å². The lowest BCUT2D eigenvalue weighted by Crippen LogP contribution is -2.17. The van der Waals surface area contributed by atoms with Crippen molar-refractivity contribution in [1.82, 2.24) is 9.55 Å². The van der Waals surface area contributed by atoms with Crippen LogP contribution in [0.1, 0.15) is 32.0 Å². The van der Waals surface area contributed by atoms with Gasteiger partial charge in [0.25, 0.3) is 0 Å². The average molecular weight is 325 g/mol. The molecule has 0 unspecified atom stereocenters. The molecule has 96 valence electrons. The molecule has 0 fully saturated rings. The fourth-order valence-electron chi connectivity index (χ4n) is 1.96. The lowest BCUT2D eigenvalue weighted by Gasteiger charge is -2.21. The highest BCUT2D eigenvalue weighted by Crippen LogP contribution is 2.30. The van der Waals surface area contributed by atoms with E-state index < -0.39 is 0 Å². The standard InChI is InChI=1S/C14H17BrN2S/c1-9-6-5-7-10(12(9)15)17-11(14(2,3)4)8-16-13(17)18/h5-8H,1-4H3,(H,16,18). The van der Waals surface area contributed by atoms with Gasteiger partial charge in [0.15, 0.2) is 4.77 Å². The van der Waals surface area contributed by atoms with Crippen LogP contribution in [0.2, 0.25) is 0 Å². The van der Waals surface area contributed by atoms with Gasteiger partial charge in [0.2, 0.25) is 0 Å². The summed E-state index contributed by atoms with van der Waals surface area (Å²) in [6, 6.07) is 6.22. The van der Waals surface area contributed by atoms with Crippen LogP contribution in [0.5, 0.6) is 0 Å². The molecule has 0 saturated carbocycles. The first-order valence-corrected chi connectivity index (χ1v) is 7.09. The first-order chi connectivity index (χ1) is 8.32. The monoisotopic (exact) mass is 324 g/mol. The van der Waals surface area contributed by atoms with Gasteiger partial charge in [-0.2, -0.15) is 0 Å². The Morgan fingerprint density at radius 2 is 1.94 bits per heavy atom. The molecule has 0 aliphatic carbocycles. The van der Waals surface area contributed by atoms with Crippen LogP contribution in [-0.4, -0.2) is 9.55 Å². The van der Waals surface area contributed by atoms with Gasteiger partial charge in [-0.1, -0.05) is 32.9 Å². The average Bonchev–Trinajstić information content (AvgIpc) is 2.64. The first kappa shape index (κ1) is 13.6. The molecular weight excluding hydrogens is 308 g/mol. The number of nitrogens with zero attached hydrogens (tertiary/aromatic N) is 1. The minimum absolute atomic E-state index is 0.0384. The van der Waals surface area contributed by atoms with E-state index in [0.29, 0.717) is 0 Å². The Bertz CT molecular complexity index is 632. The Morgan fingerprint density at radius 3 is 2.56 bits per heavy atom. The molecule has 0 amide bonds. The molecule has 0 aliphatic heterocycles. The molecule has 0 aliphatic rings. The topological polar surface area (TPSA) is 20.7 Å². The van der Waals surface area contributed by atoms with Crippen molar-refractivity contribution in [3.8, 4) is 5.69 Å². The van der Waals surface area contributed by atoms with Gasteiger partial charge in [0.05, 0.1) is 5.69 Å². The van der Waals surface area contributed by atoms with Crippen molar-refractivity contribution in [2.24, 2.45) is 0 Å². The molecule has 2 nitrogen and oxygen atoms in total. The highest BCUT2D eigenvalue weighted by molar-refractivity contribution is 9.10. The van der Waals surface area contributed by atoms with E-state index in [4.69, 9.17) is 12.2 Å². The summed E-state index contributed by atoms with van der Waals surface area (Å²) in [7, 11) is 0. The third kappa shape index (κ3) is 2.31. The fraction of sp³-hybridized carbons (Fsp3) is 0.357. The predicted molar refractivity (Wildman–Crippen MR) is 82.1 cm³/mol. The summed E-state index contributed by atoms with van der Waals surface area (Å²) in [5, 5.41) is 0. The Hall–Kier alpha value is -0.870. The second-order valence-corrected chi connectivity index (χ2v) is 6.65. The highest BCUT2D eigenvalue weighted by atomic mass is 79.9. The van der Waals surface area contributed by atoms with Gasteiger partial charge in [-0.3, -0.25) is 4.57 Å². The van der Waals surface area contributed by atoms with Gasteiger partial charge in [-0.05, 0) is 46.7 Å². The zero-order valence-electron chi connectivity index (χ0n) is 11.0. The molecular formula is C14H17BrN2S. The summed E-state index contributed by atoms with van der Waals surface area (Å²) in [5.74, 6) is 0. The van der Waals surface area contributed by atoms with Crippen LogP contribution < -0.4 is 0 Å². The molecule has 0 bridgehead atoms. The molecule has 1 aromatic carbocycles. The third-order valence-electron chi connectivity index (χ3n) is 2.96. The van der Waals surface area contributed by atoms with Crippen molar-refractivity contribution < 1.29 is 0 Å². The molecule has 0 spiro atoms. The number of imidazole rings is 1. The number of hydrogen-bond acceptors (Lipinski definition) is 1. The maximum absolute atomic E-state index is 5.41. The lowest BCUT2D eigenvalue weighted by molar-refractivity contribution is 0.555. The maximum atomic E-state index is 5.41. The smallest absolute Gasteiger partial charge is 0.182 e. The van der Waals surface area contributed by atoms with Crippen LogP contribution in [0.4, 0.5) is 0 Å². The van der Waals surface area contributed by atoms with Crippen molar-refractivity contribution in [2.45, 2.75) is 33.1 Å². The molecule has 4 heteroatoms. The summed E-state index contributed by atoms with van der Waals surface area (Å²) in [4.78, 5) is 3.15. The van der Waals surface area contributed by atoms with Crippen molar-refractivity contribution in [3.05, 3.63) is 44.9 Å². The summed E-state index contributed by atoms with van der Waals surface area (Å²) in [6.45, 7) is 8.64. The molecule has 2 aromatic rings. The van der Waals surface area contributed by atoms with Gasteiger partial charge in [-0.15, -0.1) is 0 Å². The van der Waals surface area contributed by atoms with E-state index in [1.54, 1.807) is 0 Å². The van der Waals surface area contributed by atoms with Crippen molar-refractivity contribution in [1.29, 1.82) is 0 Å². The number of halogens is 1. The number of aromatic amines is 1. The molecule has 0 radical (unpaired) electrons. The Labute approximate surface area is 121 Å². The minimum atomic E-state index is 0.0384. The second kappa shape index (κ2) is 4.67. The molecule has 1 N–H and O–H groups in total. The van der Waals surface area contributed by atoms with Crippen LogP contribution >= 0.6 is 28.1 Å². The third-order valence-corrected chi connectivity index (χ3v) is 4.29. The van der Waals surface area contributed by atoms with Crippen LogP contribution in [0.25, 0.3) is 5.69 Å². The Balaban J connectivity index is 2.76. The molecule has 0 atom stereocenters. The van der Waals surface area contributed by atoms with Crippen LogP contribution in [0.15, 0.2) is 28.9 Å². The van der Waals surface area contributed by atoms with E-state index in [0.717, 1.165) is 14.9 Å². The first-order valence-electron chi connectivity index (χ1n) is 5.89.